The summed E-state index contributed by atoms with van der Waals surface area (Å²) in [6.45, 7) is 4.59. The number of amides is 1. The summed E-state index contributed by atoms with van der Waals surface area (Å²) in [6, 6.07) is 0. The number of hydrogen-bond acceptors (Lipinski definition) is 2. The lowest BCUT2D eigenvalue weighted by Crippen LogP contribution is -2.44. The van der Waals surface area contributed by atoms with Crippen LogP contribution in [0.1, 0.15) is 33.1 Å². The van der Waals surface area contributed by atoms with Crippen molar-refractivity contribution in [2.24, 2.45) is 53.3 Å². The van der Waals surface area contributed by atoms with E-state index in [1.807, 2.05) is 0 Å². The maximum Gasteiger partial charge on any atom is 0.322 e. The summed E-state index contributed by atoms with van der Waals surface area (Å²) < 4.78 is 0. The molecule has 0 spiro atoms. The van der Waals surface area contributed by atoms with Gasteiger partial charge in [0.1, 0.15) is 6.54 Å². The van der Waals surface area contributed by atoms with Crippen molar-refractivity contribution in [2.75, 3.05) is 6.54 Å². The molecular weight excluding hydrogens is 266 g/mol. The van der Waals surface area contributed by atoms with E-state index in [-0.39, 0.29) is 18.4 Å². The number of carbonyl (C=O) groups is 2. The van der Waals surface area contributed by atoms with E-state index in [1.165, 1.54) is 12.8 Å². The second-order valence-electron chi connectivity index (χ2n) is 8.05. The normalized spacial score (nSPS) is 53.0. The lowest BCUT2D eigenvalue weighted by molar-refractivity contribution is -0.139. The number of carboxylic acids is 1. The monoisotopic (exact) mass is 291 g/mol. The Bertz CT molecular complexity index is 490. The van der Waals surface area contributed by atoms with Gasteiger partial charge in [0, 0.05) is 5.92 Å². The fourth-order valence-corrected chi connectivity index (χ4v) is 6.82. The number of carboxylic acid groups (broad SMARTS) is 1. The maximum absolute atomic E-state index is 12.3. The topological polar surface area (TPSA) is 66.4 Å². The molecular formula is C17H25NO3. The number of nitrogens with one attached hydrogen (secondary N) is 1. The smallest absolute Gasteiger partial charge is 0.322 e. The molecule has 0 aromatic carbocycles. The summed E-state index contributed by atoms with van der Waals surface area (Å²) in [6.07, 6.45) is 3.60. The van der Waals surface area contributed by atoms with Crippen molar-refractivity contribution in [3.05, 3.63) is 0 Å². The first-order valence-corrected chi connectivity index (χ1v) is 8.48. The van der Waals surface area contributed by atoms with Crippen LogP contribution in [0, 0.1) is 53.3 Å². The van der Waals surface area contributed by atoms with Crippen LogP contribution in [0.2, 0.25) is 0 Å². The van der Waals surface area contributed by atoms with Crippen LogP contribution in [-0.4, -0.2) is 23.5 Å². The Morgan fingerprint density at radius 1 is 1.00 bits per heavy atom. The molecule has 4 fully saturated rings. The second-order valence-corrected chi connectivity index (χ2v) is 8.05. The highest BCUT2D eigenvalue weighted by atomic mass is 16.4. The van der Waals surface area contributed by atoms with E-state index in [0.717, 1.165) is 47.8 Å². The fraction of sp³-hybridized carbons (Fsp3) is 0.882. The van der Waals surface area contributed by atoms with Crippen LogP contribution in [0.25, 0.3) is 0 Å². The molecule has 9 atom stereocenters. The molecule has 4 aliphatic carbocycles. The van der Waals surface area contributed by atoms with Gasteiger partial charge in [0.15, 0.2) is 0 Å². The summed E-state index contributed by atoms with van der Waals surface area (Å²) in [5, 5.41) is 11.3. The van der Waals surface area contributed by atoms with Crippen molar-refractivity contribution in [1.82, 2.24) is 5.32 Å². The zero-order valence-electron chi connectivity index (χ0n) is 12.8. The highest BCUT2D eigenvalue weighted by Gasteiger charge is 2.66. The van der Waals surface area contributed by atoms with Crippen LogP contribution >= 0.6 is 0 Å². The first-order valence-electron chi connectivity index (χ1n) is 8.48. The van der Waals surface area contributed by atoms with Gasteiger partial charge in [-0.05, 0) is 66.6 Å². The number of hydrogen-bond donors (Lipinski definition) is 2. The van der Waals surface area contributed by atoms with E-state index in [1.54, 1.807) is 0 Å². The second kappa shape index (κ2) is 4.47. The summed E-state index contributed by atoms with van der Waals surface area (Å²) in [5.74, 6) is 5.37. The number of fused-ring (bicyclic) bond motifs is 9. The standard InChI is InChI=1S/C17H25NO3/c1-7-8(2)11-5-10(7)15-9-3-12(16(11)15)13(4-9)17(21)18-6-14(19)20/h7-13,15-16H,3-6H2,1-2H3,(H,18,21)(H,19,20). The van der Waals surface area contributed by atoms with Crippen LogP contribution in [0.15, 0.2) is 0 Å². The van der Waals surface area contributed by atoms with E-state index < -0.39 is 5.97 Å². The van der Waals surface area contributed by atoms with Crippen molar-refractivity contribution in [3.8, 4) is 0 Å². The molecule has 0 heterocycles. The molecule has 0 aliphatic heterocycles. The number of aliphatic carboxylic acids is 1. The minimum atomic E-state index is -0.952. The van der Waals surface area contributed by atoms with Gasteiger partial charge in [-0.15, -0.1) is 0 Å². The Balaban J connectivity index is 1.50. The maximum atomic E-state index is 12.3. The highest BCUT2D eigenvalue weighted by molar-refractivity contribution is 5.83. The van der Waals surface area contributed by atoms with Crippen LogP contribution in [-0.2, 0) is 9.59 Å². The Labute approximate surface area is 125 Å². The Hall–Kier alpha value is -1.06. The molecule has 116 valence electrons. The predicted molar refractivity (Wildman–Crippen MR) is 77.3 cm³/mol. The van der Waals surface area contributed by atoms with Crippen LogP contribution in [0.5, 0.6) is 0 Å². The van der Waals surface area contributed by atoms with Gasteiger partial charge in [-0.3, -0.25) is 9.59 Å². The van der Waals surface area contributed by atoms with E-state index in [4.69, 9.17) is 5.11 Å². The van der Waals surface area contributed by atoms with Gasteiger partial charge in [-0.1, -0.05) is 13.8 Å². The first-order chi connectivity index (χ1) is 9.99. The van der Waals surface area contributed by atoms with Gasteiger partial charge in [0.05, 0.1) is 0 Å². The molecule has 4 heteroatoms. The van der Waals surface area contributed by atoms with Crippen molar-refractivity contribution >= 4 is 11.9 Å². The molecule has 2 N–H and O–H groups in total. The van der Waals surface area contributed by atoms with E-state index in [2.05, 4.69) is 19.2 Å². The SMILES string of the molecule is CC1C(C)C2CC1C1C3CC(C(=O)NCC(=O)O)C(C3)C21. The summed E-state index contributed by atoms with van der Waals surface area (Å²) >= 11 is 0. The van der Waals surface area contributed by atoms with Gasteiger partial charge in [0.25, 0.3) is 0 Å². The minimum absolute atomic E-state index is 0.00757. The summed E-state index contributed by atoms with van der Waals surface area (Å²) in [5.41, 5.74) is 0. The molecule has 9 unspecified atom stereocenters. The van der Waals surface area contributed by atoms with Crippen molar-refractivity contribution < 1.29 is 14.7 Å². The minimum Gasteiger partial charge on any atom is -0.480 e. The van der Waals surface area contributed by atoms with Crippen LogP contribution < -0.4 is 5.32 Å². The fourth-order valence-electron chi connectivity index (χ4n) is 6.82. The number of rotatable bonds is 3. The third-order valence-corrected chi connectivity index (χ3v) is 7.60. The third kappa shape index (κ3) is 1.74. The molecule has 4 bridgehead atoms. The zero-order valence-corrected chi connectivity index (χ0v) is 12.8. The van der Waals surface area contributed by atoms with Crippen molar-refractivity contribution in [2.45, 2.75) is 33.1 Å². The quantitative estimate of drug-likeness (QED) is 0.782. The van der Waals surface area contributed by atoms with Crippen LogP contribution in [0.4, 0.5) is 0 Å². The third-order valence-electron chi connectivity index (χ3n) is 7.60. The number of carbonyl (C=O) groups excluding carboxylic acids is 1. The van der Waals surface area contributed by atoms with Crippen molar-refractivity contribution in [3.63, 3.8) is 0 Å². The lowest BCUT2D eigenvalue weighted by atomic mass is 9.62. The molecule has 4 rings (SSSR count). The molecule has 4 aliphatic rings. The van der Waals surface area contributed by atoms with E-state index >= 15 is 0 Å². The Morgan fingerprint density at radius 3 is 2.33 bits per heavy atom. The average Bonchev–Trinajstić information content (AvgIpc) is 3.15. The molecule has 0 saturated heterocycles. The molecule has 4 saturated carbocycles. The average molecular weight is 291 g/mol. The van der Waals surface area contributed by atoms with E-state index in [0.29, 0.717) is 5.92 Å². The van der Waals surface area contributed by atoms with Gasteiger partial charge in [-0.25, -0.2) is 0 Å². The van der Waals surface area contributed by atoms with Crippen LogP contribution in [0.3, 0.4) is 0 Å². The van der Waals surface area contributed by atoms with Gasteiger partial charge < -0.3 is 10.4 Å². The zero-order chi connectivity index (χ0) is 14.9. The predicted octanol–water partition coefficient (Wildman–Crippen LogP) is 2.00. The largest absolute Gasteiger partial charge is 0.480 e. The molecule has 0 radical (unpaired) electrons. The van der Waals surface area contributed by atoms with Gasteiger partial charge in [-0.2, -0.15) is 0 Å². The first kappa shape index (κ1) is 13.6. The van der Waals surface area contributed by atoms with Gasteiger partial charge in [0.2, 0.25) is 5.91 Å². The highest BCUT2D eigenvalue weighted by Crippen LogP contribution is 2.71. The summed E-state index contributed by atoms with van der Waals surface area (Å²) in [7, 11) is 0. The molecule has 1 amide bonds. The molecule has 21 heavy (non-hydrogen) atoms. The Kier molecular flexibility index (Phi) is 2.89. The Morgan fingerprint density at radius 2 is 1.67 bits per heavy atom. The molecule has 4 nitrogen and oxygen atoms in total. The molecule has 0 aromatic rings. The summed E-state index contributed by atoms with van der Waals surface area (Å²) in [4.78, 5) is 22.9. The van der Waals surface area contributed by atoms with Gasteiger partial charge >= 0.3 is 5.97 Å². The lowest BCUT2D eigenvalue weighted by Gasteiger charge is -2.43. The van der Waals surface area contributed by atoms with E-state index in [9.17, 15) is 9.59 Å². The molecule has 0 aromatic heterocycles. The van der Waals surface area contributed by atoms with Crippen molar-refractivity contribution in [1.29, 1.82) is 0 Å².